The van der Waals surface area contributed by atoms with Crippen LogP contribution in [0.3, 0.4) is 0 Å². The van der Waals surface area contributed by atoms with Crippen LogP contribution in [-0.2, 0) is 9.59 Å². The fourth-order valence-electron chi connectivity index (χ4n) is 1.58. The molecular formula is C13H24N2O3. The van der Waals surface area contributed by atoms with Crippen molar-refractivity contribution in [3.05, 3.63) is 12.7 Å². The lowest BCUT2D eigenvalue weighted by atomic mass is 10.1. The van der Waals surface area contributed by atoms with Crippen LogP contribution in [0.1, 0.15) is 51.9 Å². The summed E-state index contributed by atoms with van der Waals surface area (Å²) in [6, 6.07) is -0.699. The first-order chi connectivity index (χ1) is 8.61. The van der Waals surface area contributed by atoms with E-state index < -0.39 is 11.9 Å². The van der Waals surface area contributed by atoms with Gasteiger partial charge in [-0.1, -0.05) is 25.3 Å². The Balaban J connectivity index is 3.47. The van der Waals surface area contributed by atoms with Crippen molar-refractivity contribution in [1.29, 1.82) is 0 Å². The van der Waals surface area contributed by atoms with Gasteiger partial charge in [-0.2, -0.15) is 0 Å². The maximum absolute atomic E-state index is 11.4. The average molecular weight is 256 g/mol. The number of rotatable bonds is 10. The molecular weight excluding hydrogens is 232 g/mol. The largest absolute Gasteiger partial charge is 0.345 e. The molecule has 18 heavy (non-hydrogen) atoms. The van der Waals surface area contributed by atoms with Crippen LogP contribution in [0.25, 0.3) is 0 Å². The third-order valence-corrected chi connectivity index (χ3v) is 2.69. The fourth-order valence-corrected chi connectivity index (χ4v) is 1.58. The molecule has 1 unspecified atom stereocenters. The first-order valence-corrected chi connectivity index (χ1v) is 6.46. The normalized spacial score (nSPS) is 11.7. The van der Waals surface area contributed by atoms with Crippen LogP contribution in [0.2, 0.25) is 0 Å². The highest BCUT2D eigenvalue weighted by Crippen LogP contribution is 2.07. The summed E-state index contributed by atoms with van der Waals surface area (Å²) in [5.74, 6) is -0.759. The van der Waals surface area contributed by atoms with Gasteiger partial charge in [-0.15, -0.1) is 6.58 Å². The Bertz CT molecular complexity index is 267. The van der Waals surface area contributed by atoms with Crippen LogP contribution in [-0.4, -0.2) is 23.1 Å². The Morgan fingerprint density at radius 3 is 2.44 bits per heavy atom. The Morgan fingerprint density at radius 2 is 1.83 bits per heavy atom. The number of hydrogen-bond acceptors (Lipinski definition) is 3. The number of hydroxylamine groups is 1. The summed E-state index contributed by atoms with van der Waals surface area (Å²) in [5, 5.41) is 10.9. The van der Waals surface area contributed by atoms with Crippen molar-refractivity contribution >= 4 is 11.8 Å². The number of hydrogen-bond donors (Lipinski definition) is 3. The first-order valence-electron chi connectivity index (χ1n) is 6.46. The Kier molecular flexibility index (Phi) is 9.96. The maximum Gasteiger partial charge on any atom is 0.265 e. The summed E-state index contributed by atoms with van der Waals surface area (Å²) in [6.45, 7) is 5.19. The van der Waals surface area contributed by atoms with E-state index in [4.69, 9.17) is 5.21 Å². The summed E-state index contributed by atoms with van der Waals surface area (Å²) >= 11 is 0. The zero-order chi connectivity index (χ0) is 13.8. The van der Waals surface area contributed by atoms with Gasteiger partial charge in [-0.05, 0) is 26.2 Å². The zero-order valence-electron chi connectivity index (χ0n) is 11.1. The van der Waals surface area contributed by atoms with E-state index in [1.165, 1.54) is 12.4 Å². The third kappa shape index (κ3) is 8.75. The summed E-state index contributed by atoms with van der Waals surface area (Å²) in [4.78, 5) is 22.4. The molecule has 0 saturated heterocycles. The lowest BCUT2D eigenvalue weighted by Crippen LogP contribution is -2.43. The van der Waals surface area contributed by atoms with Gasteiger partial charge in [0.15, 0.2) is 0 Å². The van der Waals surface area contributed by atoms with Crippen LogP contribution in [0.4, 0.5) is 0 Å². The number of carbonyl (C=O) groups is 2. The number of amides is 2. The Hall–Kier alpha value is -1.36. The van der Waals surface area contributed by atoms with E-state index in [9.17, 15) is 9.59 Å². The van der Waals surface area contributed by atoms with E-state index in [-0.39, 0.29) is 5.91 Å². The van der Waals surface area contributed by atoms with Crippen LogP contribution in [0, 0.1) is 0 Å². The second kappa shape index (κ2) is 10.8. The van der Waals surface area contributed by atoms with Gasteiger partial charge in [0.05, 0.1) is 0 Å². The molecule has 1 atom stereocenters. The Labute approximate surface area is 109 Å². The molecule has 0 saturated carbocycles. The molecule has 0 rings (SSSR count). The molecule has 2 amide bonds. The van der Waals surface area contributed by atoms with Crippen LogP contribution in [0.15, 0.2) is 12.7 Å². The van der Waals surface area contributed by atoms with Gasteiger partial charge in [-0.25, -0.2) is 5.48 Å². The predicted octanol–water partition coefficient (Wildman–Crippen LogP) is 1.91. The molecule has 5 nitrogen and oxygen atoms in total. The van der Waals surface area contributed by atoms with E-state index in [0.717, 1.165) is 38.5 Å². The minimum Gasteiger partial charge on any atom is -0.345 e. The smallest absolute Gasteiger partial charge is 0.265 e. The van der Waals surface area contributed by atoms with Crippen molar-refractivity contribution < 1.29 is 14.8 Å². The van der Waals surface area contributed by atoms with Crippen LogP contribution in [0.5, 0.6) is 0 Å². The summed E-state index contributed by atoms with van der Waals surface area (Å²) < 4.78 is 0. The molecule has 0 aliphatic rings. The molecule has 5 heteroatoms. The van der Waals surface area contributed by atoms with Crippen molar-refractivity contribution in [2.24, 2.45) is 0 Å². The second-order valence-electron chi connectivity index (χ2n) is 4.36. The zero-order valence-corrected chi connectivity index (χ0v) is 11.1. The lowest BCUT2D eigenvalue weighted by Gasteiger charge is -2.11. The van der Waals surface area contributed by atoms with Crippen molar-refractivity contribution in [1.82, 2.24) is 10.8 Å². The number of unbranched alkanes of at least 4 members (excludes halogenated alkanes) is 5. The van der Waals surface area contributed by atoms with Gasteiger partial charge in [0, 0.05) is 6.42 Å². The highest BCUT2D eigenvalue weighted by Gasteiger charge is 2.13. The molecule has 0 aromatic rings. The van der Waals surface area contributed by atoms with Gasteiger partial charge >= 0.3 is 0 Å². The molecule has 0 aromatic carbocycles. The minimum atomic E-state index is -0.699. The monoisotopic (exact) mass is 256 g/mol. The van der Waals surface area contributed by atoms with Gasteiger partial charge in [0.2, 0.25) is 5.91 Å². The fraction of sp³-hybridized carbons (Fsp3) is 0.692. The van der Waals surface area contributed by atoms with Crippen molar-refractivity contribution in [2.45, 2.75) is 57.9 Å². The van der Waals surface area contributed by atoms with E-state index in [1.807, 2.05) is 6.08 Å². The van der Waals surface area contributed by atoms with Crippen LogP contribution >= 0.6 is 0 Å². The molecule has 0 heterocycles. The van der Waals surface area contributed by atoms with Gasteiger partial charge in [0.25, 0.3) is 5.91 Å². The van der Waals surface area contributed by atoms with Crippen molar-refractivity contribution in [3.8, 4) is 0 Å². The number of nitrogens with one attached hydrogen (secondary N) is 2. The van der Waals surface area contributed by atoms with Crippen molar-refractivity contribution in [2.75, 3.05) is 0 Å². The van der Waals surface area contributed by atoms with Crippen molar-refractivity contribution in [3.63, 3.8) is 0 Å². The highest BCUT2D eigenvalue weighted by molar-refractivity contribution is 5.86. The molecule has 0 spiro atoms. The maximum atomic E-state index is 11.4. The molecule has 3 N–H and O–H groups in total. The summed E-state index contributed by atoms with van der Waals surface area (Å²) in [7, 11) is 0. The first kappa shape index (κ1) is 16.6. The molecule has 0 aliphatic heterocycles. The van der Waals surface area contributed by atoms with E-state index in [2.05, 4.69) is 11.9 Å². The Morgan fingerprint density at radius 1 is 1.22 bits per heavy atom. The molecule has 104 valence electrons. The van der Waals surface area contributed by atoms with Gasteiger partial charge in [-0.3, -0.25) is 14.8 Å². The van der Waals surface area contributed by atoms with Crippen LogP contribution < -0.4 is 10.8 Å². The quantitative estimate of drug-likeness (QED) is 0.242. The topological polar surface area (TPSA) is 78.4 Å². The lowest BCUT2D eigenvalue weighted by molar-refractivity contribution is -0.134. The molecule has 0 aliphatic carbocycles. The molecule has 0 radical (unpaired) electrons. The molecule has 0 aromatic heterocycles. The molecule has 0 bridgehead atoms. The predicted molar refractivity (Wildman–Crippen MR) is 70.0 cm³/mol. The standard InChI is InChI=1S/C13H24N2O3/c1-3-4-5-6-7-8-9-10-12(16)14-11(2)13(17)15-18/h3,11,18H,1,4-10H2,2H3,(H,14,16)(H,15,17). The van der Waals surface area contributed by atoms with Gasteiger partial charge in [0.1, 0.15) is 6.04 Å². The molecule has 0 fully saturated rings. The minimum absolute atomic E-state index is 0.155. The van der Waals surface area contributed by atoms with E-state index >= 15 is 0 Å². The average Bonchev–Trinajstić information content (AvgIpc) is 2.36. The van der Waals surface area contributed by atoms with E-state index in [1.54, 1.807) is 0 Å². The number of carbonyl (C=O) groups excluding carboxylic acids is 2. The van der Waals surface area contributed by atoms with E-state index in [0.29, 0.717) is 6.42 Å². The van der Waals surface area contributed by atoms with Gasteiger partial charge < -0.3 is 5.32 Å². The SMILES string of the molecule is C=CCCCCCCCC(=O)NC(C)C(=O)NO. The summed E-state index contributed by atoms with van der Waals surface area (Å²) in [6.07, 6.45) is 8.67. The second-order valence-corrected chi connectivity index (χ2v) is 4.36. The summed E-state index contributed by atoms with van der Waals surface area (Å²) in [5.41, 5.74) is 1.50. The third-order valence-electron chi connectivity index (χ3n) is 2.69. The number of allylic oxidation sites excluding steroid dienone is 1. The highest BCUT2D eigenvalue weighted by atomic mass is 16.5.